The number of aryl methyl sites for hydroxylation is 1. The summed E-state index contributed by atoms with van der Waals surface area (Å²) in [5.74, 6) is 2.27. The fourth-order valence-corrected chi connectivity index (χ4v) is 3.06. The van der Waals surface area contributed by atoms with Crippen molar-refractivity contribution in [2.24, 2.45) is 10.9 Å². The van der Waals surface area contributed by atoms with Gasteiger partial charge in [0.25, 0.3) is 0 Å². The molecular formula is C18H34IN5O2. The van der Waals surface area contributed by atoms with Gasteiger partial charge >= 0.3 is 0 Å². The Morgan fingerprint density at radius 2 is 2.04 bits per heavy atom. The van der Waals surface area contributed by atoms with Crippen molar-refractivity contribution < 1.29 is 9.26 Å². The van der Waals surface area contributed by atoms with E-state index in [1.807, 2.05) is 6.07 Å². The monoisotopic (exact) mass is 479 g/mol. The van der Waals surface area contributed by atoms with Crippen LogP contribution < -0.4 is 10.6 Å². The fraction of sp³-hybridized carbons (Fsp3) is 0.778. The van der Waals surface area contributed by atoms with E-state index in [2.05, 4.69) is 46.5 Å². The molecule has 150 valence electrons. The summed E-state index contributed by atoms with van der Waals surface area (Å²) in [5, 5.41) is 10.8. The van der Waals surface area contributed by atoms with Gasteiger partial charge in [-0.1, -0.05) is 25.9 Å². The highest BCUT2D eigenvalue weighted by atomic mass is 127. The van der Waals surface area contributed by atoms with Gasteiger partial charge in [-0.3, -0.25) is 9.89 Å². The maximum atomic E-state index is 5.49. The van der Waals surface area contributed by atoms with E-state index in [9.17, 15) is 0 Å². The van der Waals surface area contributed by atoms with Crippen LogP contribution in [0, 0.1) is 5.92 Å². The molecule has 1 saturated heterocycles. The first kappa shape index (κ1) is 23.2. The van der Waals surface area contributed by atoms with Gasteiger partial charge in [0.05, 0.1) is 25.5 Å². The van der Waals surface area contributed by atoms with Crippen LogP contribution in [0.4, 0.5) is 0 Å². The SMILES string of the molecule is CCc1cc(CNC(=NC)NCC(CC(C)C)N2CCOCC2)on1.I. The fourth-order valence-electron chi connectivity index (χ4n) is 3.06. The summed E-state index contributed by atoms with van der Waals surface area (Å²) in [6.45, 7) is 11.7. The van der Waals surface area contributed by atoms with Gasteiger partial charge in [0.15, 0.2) is 11.7 Å². The summed E-state index contributed by atoms with van der Waals surface area (Å²) in [7, 11) is 1.79. The molecule has 7 nitrogen and oxygen atoms in total. The van der Waals surface area contributed by atoms with Gasteiger partial charge in [0.2, 0.25) is 0 Å². The van der Waals surface area contributed by atoms with Crippen molar-refractivity contribution in [3.63, 3.8) is 0 Å². The highest BCUT2D eigenvalue weighted by Crippen LogP contribution is 2.13. The molecule has 0 radical (unpaired) electrons. The van der Waals surface area contributed by atoms with E-state index in [1.54, 1.807) is 7.05 Å². The molecule has 2 rings (SSSR count). The number of morpholine rings is 1. The first-order valence-corrected chi connectivity index (χ1v) is 9.33. The van der Waals surface area contributed by atoms with Crippen molar-refractivity contribution in [3.8, 4) is 0 Å². The predicted molar refractivity (Wildman–Crippen MR) is 115 cm³/mol. The van der Waals surface area contributed by atoms with Crippen LogP contribution in [0.2, 0.25) is 0 Å². The molecular weight excluding hydrogens is 445 g/mol. The molecule has 0 spiro atoms. The number of hydrogen-bond donors (Lipinski definition) is 2. The van der Waals surface area contributed by atoms with E-state index in [4.69, 9.17) is 9.26 Å². The molecule has 0 bridgehead atoms. The van der Waals surface area contributed by atoms with Crippen molar-refractivity contribution >= 4 is 29.9 Å². The van der Waals surface area contributed by atoms with Crippen molar-refractivity contribution in [3.05, 3.63) is 17.5 Å². The topological polar surface area (TPSA) is 74.9 Å². The molecule has 0 saturated carbocycles. The van der Waals surface area contributed by atoms with Crippen LogP contribution in [0.1, 0.15) is 38.6 Å². The maximum Gasteiger partial charge on any atom is 0.191 e. The number of guanidine groups is 1. The molecule has 2 N–H and O–H groups in total. The van der Waals surface area contributed by atoms with Crippen LogP contribution in [-0.2, 0) is 17.7 Å². The summed E-state index contributed by atoms with van der Waals surface area (Å²) < 4.78 is 10.8. The van der Waals surface area contributed by atoms with Crippen LogP contribution in [0.25, 0.3) is 0 Å². The van der Waals surface area contributed by atoms with E-state index < -0.39 is 0 Å². The Kier molecular flexibility index (Phi) is 11.1. The Hall–Kier alpha value is -0.870. The number of aliphatic imine (C=N–C) groups is 1. The Labute approximate surface area is 174 Å². The highest BCUT2D eigenvalue weighted by molar-refractivity contribution is 14.0. The summed E-state index contributed by atoms with van der Waals surface area (Å²) in [5.41, 5.74) is 0.976. The maximum absolute atomic E-state index is 5.49. The molecule has 1 atom stereocenters. The van der Waals surface area contributed by atoms with Crippen LogP contribution in [-0.4, -0.2) is 62.0 Å². The second-order valence-corrected chi connectivity index (χ2v) is 6.88. The number of aromatic nitrogens is 1. The van der Waals surface area contributed by atoms with E-state index in [1.165, 1.54) is 0 Å². The number of rotatable bonds is 8. The van der Waals surface area contributed by atoms with Gasteiger partial charge in [0, 0.05) is 38.8 Å². The lowest BCUT2D eigenvalue weighted by molar-refractivity contribution is 0.0132. The van der Waals surface area contributed by atoms with E-state index in [0.717, 1.165) is 63.1 Å². The van der Waals surface area contributed by atoms with Gasteiger partial charge in [-0.2, -0.15) is 0 Å². The lowest BCUT2D eigenvalue weighted by Gasteiger charge is -2.35. The Bertz CT molecular complexity index is 529. The molecule has 0 amide bonds. The molecule has 26 heavy (non-hydrogen) atoms. The number of nitrogens with zero attached hydrogens (tertiary/aromatic N) is 3. The Balaban J connectivity index is 0.00000338. The van der Waals surface area contributed by atoms with Crippen LogP contribution >= 0.6 is 24.0 Å². The third kappa shape index (κ3) is 7.79. The molecule has 0 aliphatic carbocycles. The summed E-state index contributed by atoms with van der Waals surface area (Å²) in [4.78, 5) is 6.84. The molecule has 2 heterocycles. The van der Waals surface area contributed by atoms with Crippen LogP contribution in [0.15, 0.2) is 15.6 Å². The zero-order valence-electron chi connectivity index (χ0n) is 16.5. The van der Waals surface area contributed by atoms with Gasteiger partial charge in [0.1, 0.15) is 0 Å². The first-order valence-electron chi connectivity index (χ1n) is 9.33. The molecule has 1 fully saturated rings. The number of hydrogen-bond acceptors (Lipinski definition) is 5. The van der Waals surface area contributed by atoms with Crippen molar-refractivity contribution in [2.45, 2.75) is 46.2 Å². The largest absolute Gasteiger partial charge is 0.379 e. The molecule has 1 unspecified atom stereocenters. The number of ether oxygens (including phenoxy) is 1. The van der Waals surface area contributed by atoms with Gasteiger partial charge < -0.3 is 19.9 Å². The third-order valence-electron chi connectivity index (χ3n) is 4.43. The molecule has 1 aromatic heterocycles. The minimum absolute atomic E-state index is 0. The van der Waals surface area contributed by atoms with Gasteiger partial charge in [-0.05, 0) is 18.8 Å². The minimum atomic E-state index is 0. The standard InChI is InChI=1S/C18H33N5O2.HI/c1-5-15-11-17(25-22-15)13-21-18(19-4)20-12-16(10-14(2)3)23-6-8-24-9-7-23;/h11,14,16H,5-10,12-13H2,1-4H3,(H2,19,20,21);1H. The predicted octanol–water partition coefficient (Wildman–Crippen LogP) is 2.27. The summed E-state index contributed by atoms with van der Waals surface area (Å²) >= 11 is 0. The highest BCUT2D eigenvalue weighted by Gasteiger charge is 2.22. The number of halogens is 1. The average Bonchev–Trinajstić information content (AvgIpc) is 3.09. The molecule has 0 aromatic carbocycles. The van der Waals surface area contributed by atoms with Gasteiger partial charge in [-0.25, -0.2) is 0 Å². The van der Waals surface area contributed by atoms with E-state index >= 15 is 0 Å². The second-order valence-electron chi connectivity index (χ2n) is 6.88. The van der Waals surface area contributed by atoms with Crippen molar-refractivity contribution in [2.75, 3.05) is 39.9 Å². The summed E-state index contributed by atoms with van der Waals surface area (Å²) in [6.07, 6.45) is 2.04. The van der Waals surface area contributed by atoms with Crippen LogP contribution in [0.3, 0.4) is 0 Å². The quantitative estimate of drug-likeness (QED) is 0.339. The van der Waals surface area contributed by atoms with Crippen LogP contribution in [0.5, 0.6) is 0 Å². The first-order chi connectivity index (χ1) is 12.1. The van der Waals surface area contributed by atoms with E-state index in [-0.39, 0.29) is 24.0 Å². The molecule has 1 aliphatic rings. The molecule has 1 aliphatic heterocycles. The Morgan fingerprint density at radius 1 is 1.31 bits per heavy atom. The molecule has 1 aromatic rings. The number of nitrogens with one attached hydrogen (secondary N) is 2. The van der Waals surface area contributed by atoms with Gasteiger partial charge in [-0.15, -0.1) is 24.0 Å². The van der Waals surface area contributed by atoms with Crippen molar-refractivity contribution in [1.29, 1.82) is 0 Å². The lowest BCUT2D eigenvalue weighted by Crippen LogP contribution is -2.50. The second kappa shape index (κ2) is 12.5. The van der Waals surface area contributed by atoms with E-state index in [0.29, 0.717) is 18.5 Å². The average molecular weight is 479 g/mol. The Morgan fingerprint density at radius 3 is 2.62 bits per heavy atom. The summed E-state index contributed by atoms with van der Waals surface area (Å²) in [6, 6.07) is 2.47. The minimum Gasteiger partial charge on any atom is -0.379 e. The zero-order valence-corrected chi connectivity index (χ0v) is 18.8. The smallest absolute Gasteiger partial charge is 0.191 e. The zero-order chi connectivity index (χ0) is 18.1. The third-order valence-corrected chi connectivity index (χ3v) is 4.43. The molecule has 8 heteroatoms. The normalized spacial score (nSPS) is 17.0. The van der Waals surface area contributed by atoms with Crippen molar-refractivity contribution in [1.82, 2.24) is 20.7 Å². The lowest BCUT2D eigenvalue weighted by atomic mass is 10.0.